The van der Waals surface area contributed by atoms with Gasteiger partial charge in [-0.2, -0.15) is 0 Å². The molecule has 0 saturated carbocycles. The van der Waals surface area contributed by atoms with Gasteiger partial charge in [-0.05, 0) is 25.1 Å². The van der Waals surface area contributed by atoms with E-state index in [1.165, 1.54) is 0 Å². The molecule has 1 aromatic carbocycles. The predicted octanol–water partition coefficient (Wildman–Crippen LogP) is 1.65. The van der Waals surface area contributed by atoms with Gasteiger partial charge in [-0.25, -0.2) is 4.98 Å². The average Bonchev–Trinajstić information content (AvgIpc) is 2.96. The molecule has 1 atom stereocenters. The fourth-order valence-electron chi connectivity index (χ4n) is 2.27. The molecule has 84 valence electrons. The molecule has 0 bridgehead atoms. The smallest absolute Gasteiger partial charge is 0.146 e. The molecule has 2 aromatic rings. The molecule has 0 radical (unpaired) electrons. The number of nitrogens with zero attached hydrogens (tertiary/aromatic N) is 1. The fourth-order valence-corrected chi connectivity index (χ4v) is 2.27. The zero-order chi connectivity index (χ0) is 11.0. The van der Waals surface area contributed by atoms with Crippen LogP contribution in [0.1, 0.15) is 18.2 Å². The molecule has 1 unspecified atom stereocenters. The van der Waals surface area contributed by atoms with Crippen LogP contribution in [0.5, 0.6) is 5.75 Å². The normalized spacial score (nSPS) is 20.4. The molecule has 1 fully saturated rings. The zero-order valence-electron chi connectivity index (χ0n) is 9.29. The number of rotatable bonds is 2. The number of aromatic nitrogens is 2. The van der Waals surface area contributed by atoms with Gasteiger partial charge in [-0.3, -0.25) is 0 Å². The number of ether oxygens (including phenoxy) is 1. The summed E-state index contributed by atoms with van der Waals surface area (Å²) in [6.07, 6.45) is 1.15. The summed E-state index contributed by atoms with van der Waals surface area (Å²) in [6, 6.07) is 5.96. The third kappa shape index (κ3) is 1.46. The summed E-state index contributed by atoms with van der Waals surface area (Å²) < 4.78 is 5.31. The first-order valence-electron chi connectivity index (χ1n) is 5.62. The van der Waals surface area contributed by atoms with Crippen molar-refractivity contribution in [2.75, 3.05) is 20.2 Å². The number of hydrogen-bond acceptors (Lipinski definition) is 3. The van der Waals surface area contributed by atoms with Crippen molar-refractivity contribution in [3.63, 3.8) is 0 Å². The third-order valence-corrected chi connectivity index (χ3v) is 3.16. The van der Waals surface area contributed by atoms with Crippen LogP contribution >= 0.6 is 0 Å². The summed E-state index contributed by atoms with van der Waals surface area (Å²) in [5.74, 6) is 2.42. The Morgan fingerprint density at radius 2 is 2.38 bits per heavy atom. The van der Waals surface area contributed by atoms with Gasteiger partial charge in [-0.15, -0.1) is 0 Å². The van der Waals surface area contributed by atoms with Crippen LogP contribution in [0.25, 0.3) is 11.0 Å². The van der Waals surface area contributed by atoms with E-state index in [0.29, 0.717) is 5.92 Å². The fraction of sp³-hybridized carbons (Fsp3) is 0.417. The van der Waals surface area contributed by atoms with Crippen molar-refractivity contribution in [2.45, 2.75) is 12.3 Å². The van der Waals surface area contributed by atoms with Crippen LogP contribution in [0.3, 0.4) is 0 Å². The molecule has 4 nitrogen and oxygen atoms in total. The quantitative estimate of drug-likeness (QED) is 0.804. The largest absolute Gasteiger partial charge is 0.494 e. The van der Waals surface area contributed by atoms with Gasteiger partial charge in [0, 0.05) is 12.5 Å². The van der Waals surface area contributed by atoms with Crippen LogP contribution in [0, 0.1) is 0 Å². The highest BCUT2D eigenvalue weighted by molar-refractivity contribution is 5.81. The standard InChI is InChI=1S/C12H15N3O/c1-16-10-4-2-3-9-11(10)15-12(14-9)8-5-6-13-7-8/h2-4,8,13H,5-7H2,1H3,(H,14,15). The van der Waals surface area contributed by atoms with Crippen LogP contribution in [0.15, 0.2) is 18.2 Å². The number of fused-ring (bicyclic) bond motifs is 1. The van der Waals surface area contributed by atoms with Crippen LogP contribution in [0.4, 0.5) is 0 Å². The second-order valence-corrected chi connectivity index (χ2v) is 4.17. The topological polar surface area (TPSA) is 49.9 Å². The Balaban J connectivity index is 2.07. The maximum absolute atomic E-state index is 5.31. The van der Waals surface area contributed by atoms with Crippen molar-refractivity contribution in [2.24, 2.45) is 0 Å². The Bertz CT molecular complexity index is 500. The van der Waals surface area contributed by atoms with E-state index in [-0.39, 0.29) is 0 Å². The summed E-state index contributed by atoms with van der Waals surface area (Å²) in [6.45, 7) is 2.10. The Morgan fingerprint density at radius 1 is 1.44 bits per heavy atom. The van der Waals surface area contributed by atoms with Crippen molar-refractivity contribution in [1.82, 2.24) is 15.3 Å². The van der Waals surface area contributed by atoms with Crippen molar-refractivity contribution >= 4 is 11.0 Å². The first-order valence-corrected chi connectivity index (χ1v) is 5.62. The molecule has 16 heavy (non-hydrogen) atoms. The van der Waals surface area contributed by atoms with Crippen molar-refractivity contribution in [3.8, 4) is 5.75 Å². The molecule has 1 saturated heterocycles. The van der Waals surface area contributed by atoms with Crippen LogP contribution in [-0.2, 0) is 0 Å². The number of H-pyrrole nitrogens is 1. The van der Waals surface area contributed by atoms with Crippen molar-refractivity contribution in [3.05, 3.63) is 24.0 Å². The number of hydrogen-bond donors (Lipinski definition) is 2. The van der Waals surface area contributed by atoms with Crippen LogP contribution in [-0.4, -0.2) is 30.2 Å². The second-order valence-electron chi connectivity index (χ2n) is 4.17. The predicted molar refractivity (Wildman–Crippen MR) is 62.9 cm³/mol. The first-order chi connectivity index (χ1) is 7.88. The molecule has 0 spiro atoms. The molecular formula is C12H15N3O. The molecule has 0 aliphatic carbocycles. The number of nitrogens with one attached hydrogen (secondary N) is 2. The summed E-state index contributed by atoms with van der Waals surface area (Å²) in [5, 5.41) is 3.35. The molecule has 0 amide bonds. The highest BCUT2D eigenvalue weighted by Crippen LogP contribution is 2.27. The molecule has 2 N–H and O–H groups in total. The lowest BCUT2D eigenvalue weighted by Gasteiger charge is -2.01. The molecule has 1 aliphatic rings. The molecule has 1 aromatic heterocycles. The number of benzene rings is 1. The maximum atomic E-state index is 5.31. The second kappa shape index (κ2) is 3.79. The van der Waals surface area contributed by atoms with E-state index in [1.54, 1.807) is 7.11 Å². The summed E-state index contributed by atoms with van der Waals surface area (Å²) in [5.41, 5.74) is 1.99. The minimum atomic E-state index is 0.511. The van der Waals surface area contributed by atoms with E-state index < -0.39 is 0 Å². The number of aromatic amines is 1. The van der Waals surface area contributed by atoms with E-state index in [2.05, 4.69) is 15.3 Å². The van der Waals surface area contributed by atoms with Gasteiger partial charge in [0.25, 0.3) is 0 Å². The van der Waals surface area contributed by atoms with E-state index >= 15 is 0 Å². The van der Waals surface area contributed by atoms with Crippen LogP contribution in [0.2, 0.25) is 0 Å². The van der Waals surface area contributed by atoms with Gasteiger partial charge in [0.15, 0.2) is 0 Å². The number of para-hydroxylation sites is 1. The molecule has 4 heteroatoms. The van der Waals surface area contributed by atoms with E-state index in [1.807, 2.05) is 18.2 Å². The van der Waals surface area contributed by atoms with Crippen molar-refractivity contribution in [1.29, 1.82) is 0 Å². The lowest BCUT2D eigenvalue weighted by molar-refractivity contribution is 0.419. The average molecular weight is 217 g/mol. The molecular weight excluding hydrogens is 202 g/mol. The summed E-state index contributed by atoms with van der Waals surface area (Å²) in [7, 11) is 1.68. The Labute approximate surface area is 94.0 Å². The SMILES string of the molecule is COc1cccc2[nH]c(C3CCNC3)nc12. The van der Waals surface area contributed by atoms with Crippen molar-refractivity contribution < 1.29 is 4.74 Å². The van der Waals surface area contributed by atoms with Gasteiger partial charge < -0.3 is 15.0 Å². The van der Waals surface area contributed by atoms with Gasteiger partial charge >= 0.3 is 0 Å². The Hall–Kier alpha value is -1.55. The number of imidazole rings is 1. The molecule has 2 heterocycles. The van der Waals surface area contributed by atoms with E-state index in [9.17, 15) is 0 Å². The summed E-state index contributed by atoms with van der Waals surface area (Å²) >= 11 is 0. The minimum Gasteiger partial charge on any atom is -0.494 e. The Morgan fingerprint density at radius 3 is 3.12 bits per heavy atom. The highest BCUT2D eigenvalue weighted by atomic mass is 16.5. The lowest BCUT2D eigenvalue weighted by Crippen LogP contribution is -2.08. The van der Waals surface area contributed by atoms with Gasteiger partial charge in [0.05, 0.1) is 12.6 Å². The van der Waals surface area contributed by atoms with E-state index in [0.717, 1.165) is 42.1 Å². The highest BCUT2D eigenvalue weighted by Gasteiger charge is 2.20. The van der Waals surface area contributed by atoms with Gasteiger partial charge in [0.2, 0.25) is 0 Å². The van der Waals surface area contributed by atoms with Gasteiger partial charge in [-0.1, -0.05) is 6.07 Å². The monoisotopic (exact) mass is 217 g/mol. The van der Waals surface area contributed by atoms with Crippen LogP contribution < -0.4 is 10.1 Å². The third-order valence-electron chi connectivity index (χ3n) is 3.16. The molecule has 3 rings (SSSR count). The Kier molecular flexibility index (Phi) is 2.29. The molecule has 1 aliphatic heterocycles. The summed E-state index contributed by atoms with van der Waals surface area (Å²) in [4.78, 5) is 8.03. The minimum absolute atomic E-state index is 0.511. The number of methoxy groups -OCH3 is 1. The first kappa shape index (κ1) is 9.66. The zero-order valence-corrected chi connectivity index (χ0v) is 9.29. The van der Waals surface area contributed by atoms with Gasteiger partial charge in [0.1, 0.15) is 17.1 Å². The lowest BCUT2D eigenvalue weighted by atomic mass is 10.1. The maximum Gasteiger partial charge on any atom is 0.146 e. The van der Waals surface area contributed by atoms with E-state index in [4.69, 9.17) is 4.74 Å².